The van der Waals surface area contributed by atoms with E-state index in [0.717, 1.165) is 12.3 Å². The minimum atomic E-state index is -3.93. The molecule has 9 heteroatoms. The van der Waals surface area contributed by atoms with Gasteiger partial charge in [-0.1, -0.05) is 31.9 Å². The van der Waals surface area contributed by atoms with Crippen molar-refractivity contribution in [2.24, 2.45) is 0 Å². The molecule has 0 spiro atoms. The Kier molecular flexibility index (Phi) is 5.06. The van der Waals surface area contributed by atoms with Gasteiger partial charge in [0, 0.05) is 26.3 Å². The van der Waals surface area contributed by atoms with E-state index in [1.54, 1.807) is 18.2 Å². The highest BCUT2D eigenvalue weighted by molar-refractivity contribution is 9.11. The second-order valence-corrected chi connectivity index (χ2v) is 9.44. The molecule has 0 atom stereocenters. The SMILES string of the molecule is CS(=O)(=O)c1cc(F)c(C2=C(c3cc(Br)cc(Br)c3)C(=O)OC2)cc1F. The maximum absolute atomic E-state index is 14.5. The van der Waals surface area contributed by atoms with Crippen molar-refractivity contribution in [1.29, 1.82) is 0 Å². The highest BCUT2D eigenvalue weighted by Crippen LogP contribution is 2.37. The Labute approximate surface area is 165 Å². The molecule has 2 aromatic carbocycles. The lowest BCUT2D eigenvalue weighted by Gasteiger charge is -2.09. The Morgan fingerprint density at radius 2 is 1.62 bits per heavy atom. The van der Waals surface area contributed by atoms with Crippen LogP contribution in [-0.2, 0) is 19.4 Å². The van der Waals surface area contributed by atoms with E-state index in [0.29, 0.717) is 20.6 Å². The molecule has 136 valence electrons. The number of cyclic esters (lactones) is 1. The maximum Gasteiger partial charge on any atom is 0.339 e. The number of hydrogen-bond acceptors (Lipinski definition) is 4. The Balaban J connectivity index is 2.25. The van der Waals surface area contributed by atoms with Crippen LogP contribution in [0.15, 0.2) is 44.2 Å². The molecule has 0 N–H and O–H groups in total. The van der Waals surface area contributed by atoms with E-state index in [4.69, 9.17) is 4.74 Å². The van der Waals surface area contributed by atoms with E-state index in [1.807, 2.05) is 0 Å². The summed E-state index contributed by atoms with van der Waals surface area (Å²) in [6.07, 6.45) is 0.788. The summed E-state index contributed by atoms with van der Waals surface area (Å²) >= 11 is 6.62. The van der Waals surface area contributed by atoms with Crippen molar-refractivity contribution in [2.75, 3.05) is 12.9 Å². The fourth-order valence-corrected chi connectivity index (χ4v) is 4.68. The molecule has 0 bridgehead atoms. The second kappa shape index (κ2) is 6.86. The first-order chi connectivity index (χ1) is 12.1. The van der Waals surface area contributed by atoms with Crippen LogP contribution in [0.25, 0.3) is 11.1 Å². The minimum Gasteiger partial charge on any atom is -0.457 e. The highest BCUT2D eigenvalue weighted by atomic mass is 79.9. The molecule has 0 radical (unpaired) electrons. The summed E-state index contributed by atoms with van der Waals surface area (Å²) in [4.78, 5) is 11.4. The number of esters is 1. The summed E-state index contributed by atoms with van der Waals surface area (Å²) in [5.74, 6) is -2.71. The van der Waals surface area contributed by atoms with Gasteiger partial charge in [0.1, 0.15) is 23.1 Å². The zero-order chi connectivity index (χ0) is 19.2. The minimum absolute atomic E-state index is 0.0948. The third-order valence-corrected chi connectivity index (χ3v) is 5.78. The van der Waals surface area contributed by atoms with E-state index in [9.17, 15) is 22.0 Å². The second-order valence-electron chi connectivity index (χ2n) is 5.62. The highest BCUT2D eigenvalue weighted by Gasteiger charge is 2.30. The van der Waals surface area contributed by atoms with Gasteiger partial charge in [-0.3, -0.25) is 0 Å². The third-order valence-electron chi connectivity index (χ3n) is 3.75. The van der Waals surface area contributed by atoms with Crippen LogP contribution in [0.4, 0.5) is 8.78 Å². The Hall–Kier alpha value is -1.58. The summed E-state index contributed by atoms with van der Waals surface area (Å²) in [7, 11) is -3.93. The first-order valence-corrected chi connectivity index (χ1v) is 10.6. The molecule has 2 aromatic rings. The van der Waals surface area contributed by atoms with Crippen molar-refractivity contribution in [2.45, 2.75) is 4.90 Å². The van der Waals surface area contributed by atoms with E-state index in [1.165, 1.54) is 0 Å². The molecule has 0 saturated heterocycles. The lowest BCUT2D eigenvalue weighted by molar-refractivity contribution is -0.133. The lowest BCUT2D eigenvalue weighted by atomic mass is 9.96. The van der Waals surface area contributed by atoms with Crippen LogP contribution in [0.3, 0.4) is 0 Å². The van der Waals surface area contributed by atoms with E-state index in [-0.39, 0.29) is 23.3 Å². The van der Waals surface area contributed by atoms with Gasteiger partial charge in [-0.2, -0.15) is 0 Å². The number of halogens is 4. The summed E-state index contributed by atoms with van der Waals surface area (Å²) in [6.45, 7) is -0.243. The Morgan fingerprint density at radius 3 is 2.19 bits per heavy atom. The van der Waals surface area contributed by atoms with Crippen LogP contribution in [0, 0.1) is 11.6 Å². The standard InChI is InChI=1S/C17H10Br2F2O4S/c1-26(23,24)15-6-13(20)11(5-14(15)21)12-7-25-17(22)16(12)8-2-9(18)4-10(19)3-8/h2-6H,7H2,1H3. The molecule has 4 nitrogen and oxygen atoms in total. The third kappa shape index (κ3) is 3.60. The van der Waals surface area contributed by atoms with E-state index >= 15 is 0 Å². The van der Waals surface area contributed by atoms with Gasteiger partial charge in [0.15, 0.2) is 9.84 Å². The zero-order valence-corrected chi connectivity index (χ0v) is 17.1. The zero-order valence-electron chi connectivity index (χ0n) is 13.1. The summed E-state index contributed by atoms with van der Waals surface area (Å²) in [6, 6.07) is 6.43. The van der Waals surface area contributed by atoms with Gasteiger partial charge in [-0.25, -0.2) is 22.0 Å². The normalized spacial score (nSPS) is 14.7. The van der Waals surface area contributed by atoms with Crippen LogP contribution in [0.1, 0.15) is 11.1 Å². The molecular formula is C17H10Br2F2O4S. The van der Waals surface area contributed by atoms with Crippen molar-refractivity contribution in [3.63, 3.8) is 0 Å². The summed E-state index contributed by atoms with van der Waals surface area (Å²) in [5, 5.41) is 0. The van der Waals surface area contributed by atoms with Crippen LogP contribution >= 0.6 is 31.9 Å². The van der Waals surface area contributed by atoms with Gasteiger partial charge in [0.05, 0.1) is 5.57 Å². The van der Waals surface area contributed by atoms with Crippen LogP contribution in [0.5, 0.6) is 0 Å². The lowest BCUT2D eigenvalue weighted by Crippen LogP contribution is -2.04. The monoisotopic (exact) mass is 506 g/mol. The fourth-order valence-electron chi connectivity index (χ4n) is 2.65. The first-order valence-electron chi connectivity index (χ1n) is 7.14. The van der Waals surface area contributed by atoms with Crippen molar-refractivity contribution in [3.05, 3.63) is 62.0 Å². The van der Waals surface area contributed by atoms with Crippen molar-refractivity contribution in [3.8, 4) is 0 Å². The number of sulfone groups is 1. The number of ether oxygens (including phenoxy) is 1. The van der Waals surface area contributed by atoms with Gasteiger partial charge >= 0.3 is 5.97 Å². The number of benzene rings is 2. The maximum atomic E-state index is 14.5. The van der Waals surface area contributed by atoms with Crippen molar-refractivity contribution in [1.82, 2.24) is 0 Å². The smallest absolute Gasteiger partial charge is 0.339 e. The van der Waals surface area contributed by atoms with Crippen LogP contribution in [0.2, 0.25) is 0 Å². The Morgan fingerprint density at radius 1 is 1.00 bits per heavy atom. The average molecular weight is 508 g/mol. The molecule has 0 fully saturated rings. The molecule has 0 aliphatic carbocycles. The van der Waals surface area contributed by atoms with Crippen LogP contribution < -0.4 is 0 Å². The van der Waals surface area contributed by atoms with Gasteiger partial charge in [0.2, 0.25) is 0 Å². The molecule has 1 aliphatic rings. The molecule has 0 aromatic heterocycles. The quantitative estimate of drug-likeness (QED) is 0.579. The van der Waals surface area contributed by atoms with Crippen LogP contribution in [-0.4, -0.2) is 27.2 Å². The summed E-state index contributed by atoms with van der Waals surface area (Å²) < 4.78 is 58.2. The number of hydrogen-bond donors (Lipinski definition) is 0. The van der Waals surface area contributed by atoms with E-state index in [2.05, 4.69) is 31.9 Å². The van der Waals surface area contributed by atoms with Gasteiger partial charge in [-0.05, 0) is 35.9 Å². The Bertz CT molecular complexity index is 1060. The molecule has 1 aliphatic heterocycles. The fraction of sp³-hybridized carbons (Fsp3) is 0.118. The number of rotatable bonds is 3. The largest absolute Gasteiger partial charge is 0.457 e. The van der Waals surface area contributed by atoms with Crippen molar-refractivity contribution < 1.29 is 26.7 Å². The number of carbonyl (C=O) groups is 1. The van der Waals surface area contributed by atoms with Crippen molar-refractivity contribution >= 4 is 58.8 Å². The van der Waals surface area contributed by atoms with Gasteiger partial charge in [0.25, 0.3) is 0 Å². The summed E-state index contributed by atoms with van der Waals surface area (Å²) in [5.41, 5.74) is 0.483. The molecule has 3 rings (SSSR count). The molecule has 0 unspecified atom stereocenters. The predicted molar refractivity (Wildman–Crippen MR) is 99.1 cm³/mol. The van der Waals surface area contributed by atoms with Gasteiger partial charge in [-0.15, -0.1) is 0 Å². The topological polar surface area (TPSA) is 60.4 Å². The van der Waals surface area contributed by atoms with E-state index < -0.39 is 32.3 Å². The average Bonchev–Trinajstić information content (AvgIpc) is 2.88. The molecule has 0 saturated carbocycles. The number of carbonyl (C=O) groups excluding carboxylic acids is 1. The predicted octanol–water partition coefficient (Wildman–Crippen LogP) is 4.36. The molecule has 1 heterocycles. The molecule has 0 amide bonds. The molecule has 26 heavy (non-hydrogen) atoms. The van der Waals surface area contributed by atoms with Gasteiger partial charge < -0.3 is 4.74 Å². The molecular weight excluding hydrogens is 498 g/mol. The first kappa shape index (κ1) is 19.2.